The molecular formula is C24H22N4O9S2. The number of methoxy groups -OCH3 is 1. The van der Waals surface area contributed by atoms with Gasteiger partial charge < -0.3 is 19.1 Å². The minimum atomic E-state index is -4.84. The predicted molar refractivity (Wildman–Crippen MR) is 137 cm³/mol. The fourth-order valence-corrected chi connectivity index (χ4v) is 7.12. The number of fused-ring (bicyclic) bond motifs is 1. The molecule has 1 aliphatic heterocycles. The number of unbranched alkanes of at least 4 members (excludes halogenated alkanes) is 1. The first-order valence-electron chi connectivity index (χ1n) is 11.3. The molecular weight excluding hydrogens is 552 g/mol. The lowest BCUT2D eigenvalue weighted by Crippen LogP contribution is -2.48. The molecule has 0 unspecified atom stereocenters. The van der Waals surface area contributed by atoms with Crippen LogP contribution in [0.5, 0.6) is 11.5 Å². The normalized spacial score (nSPS) is 13.3. The minimum absolute atomic E-state index is 0.0528. The maximum atomic E-state index is 13.2. The van der Waals surface area contributed by atoms with Crippen LogP contribution in [-0.2, 0) is 31.6 Å². The molecule has 3 aromatic rings. The molecule has 2 N–H and O–H groups in total. The summed E-state index contributed by atoms with van der Waals surface area (Å²) < 4.78 is 66.7. The first kappa shape index (κ1) is 27.6. The van der Waals surface area contributed by atoms with Crippen molar-refractivity contribution in [3.05, 3.63) is 60.3 Å². The van der Waals surface area contributed by atoms with Crippen molar-refractivity contribution in [2.75, 3.05) is 18.0 Å². The van der Waals surface area contributed by atoms with Gasteiger partial charge in [-0.15, -0.1) is 0 Å². The molecule has 0 spiro atoms. The Labute approximate surface area is 224 Å². The van der Waals surface area contributed by atoms with Gasteiger partial charge in [0.15, 0.2) is 11.5 Å². The highest BCUT2D eigenvalue weighted by atomic mass is 32.3. The van der Waals surface area contributed by atoms with Gasteiger partial charge in [-0.05, 0) is 48.4 Å². The highest BCUT2D eigenvalue weighted by molar-refractivity contribution is 8.05. The van der Waals surface area contributed by atoms with Crippen LogP contribution in [0.25, 0.3) is 11.3 Å². The Morgan fingerprint density at radius 1 is 1.15 bits per heavy atom. The second kappa shape index (κ2) is 10.8. The van der Waals surface area contributed by atoms with E-state index in [1.165, 1.54) is 60.2 Å². The number of carbonyl (C=O) groups is 2. The van der Waals surface area contributed by atoms with Gasteiger partial charge in [0.2, 0.25) is 0 Å². The number of esters is 1. The number of nitrogens with one attached hydrogen (secondary N) is 1. The molecule has 0 saturated carbocycles. The number of hydrogen-bond acceptors (Lipinski definition) is 9. The average Bonchev–Trinajstić information content (AvgIpc) is 3.32. The van der Waals surface area contributed by atoms with E-state index in [2.05, 4.69) is 0 Å². The van der Waals surface area contributed by atoms with Crippen molar-refractivity contribution >= 4 is 37.9 Å². The van der Waals surface area contributed by atoms with Crippen molar-refractivity contribution < 1.29 is 41.0 Å². The second-order valence-electron chi connectivity index (χ2n) is 8.23. The number of rotatable bonds is 10. The van der Waals surface area contributed by atoms with Crippen LogP contribution < -0.4 is 17.9 Å². The quantitative estimate of drug-likeness (QED) is 0.206. The molecule has 39 heavy (non-hydrogen) atoms. The third kappa shape index (κ3) is 5.58. The largest absolute Gasteiger partial charge is 0.493 e. The van der Waals surface area contributed by atoms with Gasteiger partial charge in [-0.25, -0.2) is 22.3 Å². The van der Waals surface area contributed by atoms with Gasteiger partial charge in [-0.3, -0.25) is 0 Å². The topological polar surface area (TPSA) is 185 Å². The molecule has 0 saturated heterocycles. The Hall–Kier alpha value is -4.39. The summed E-state index contributed by atoms with van der Waals surface area (Å²) in [6.07, 6.45) is 0.548. The predicted octanol–water partition coefficient (Wildman–Crippen LogP) is 2.11. The lowest BCUT2D eigenvalue weighted by Gasteiger charge is -2.29. The van der Waals surface area contributed by atoms with Gasteiger partial charge in [0.25, 0.3) is 10.0 Å². The molecule has 0 radical (unpaired) electrons. The van der Waals surface area contributed by atoms with Crippen LogP contribution >= 0.6 is 0 Å². The van der Waals surface area contributed by atoms with Gasteiger partial charge in [-0.2, -0.15) is 13.7 Å². The van der Waals surface area contributed by atoms with E-state index in [1.807, 2.05) is 6.07 Å². The Morgan fingerprint density at radius 2 is 1.90 bits per heavy atom. The van der Waals surface area contributed by atoms with E-state index < -0.39 is 43.6 Å². The van der Waals surface area contributed by atoms with E-state index in [4.69, 9.17) is 14.7 Å². The van der Waals surface area contributed by atoms with Crippen LogP contribution in [0.15, 0.2) is 59.5 Å². The SMILES string of the molecule is COc1cccc2c1OC(=O)CN2S(=O)(=O)NS(=O)(=O)c1cccc(-c2ccc(C(=O)O)n2CCCC#N)c1. The third-order valence-corrected chi connectivity index (χ3v) is 9.25. The fraction of sp³-hybridized carbons (Fsp3) is 0.208. The maximum Gasteiger partial charge on any atom is 0.352 e. The summed E-state index contributed by atoms with van der Waals surface area (Å²) in [6.45, 7) is -0.589. The Kier molecular flexibility index (Phi) is 7.63. The number of hydrogen-bond donors (Lipinski definition) is 2. The minimum Gasteiger partial charge on any atom is -0.493 e. The average molecular weight is 575 g/mol. The first-order chi connectivity index (χ1) is 18.5. The summed E-state index contributed by atoms with van der Waals surface area (Å²) in [4.78, 5) is 23.4. The Bertz CT molecular complexity index is 1710. The summed E-state index contributed by atoms with van der Waals surface area (Å²) in [7, 11) is -8.25. The molecule has 0 amide bonds. The zero-order valence-corrected chi connectivity index (χ0v) is 22.0. The number of carboxylic acid groups (broad SMARTS) is 1. The van der Waals surface area contributed by atoms with E-state index in [0.717, 1.165) is 0 Å². The third-order valence-electron chi connectivity index (χ3n) is 5.75. The number of benzene rings is 2. The molecule has 0 fully saturated rings. The molecule has 1 aliphatic rings. The van der Waals surface area contributed by atoms with Crippen molar-refractivity contribution in [3.8, 4) is 28.8 Å². The number of nitriles is 1. The number of sulfonamides is 1. The summed E-state index contributed by atoms with van der Waals surface area (Å²) >= 11 is 0. The maximum absolute atomic E-state index is 13.2. The number of aromatic nitrogens is 1. The number of anilines is 1. The van der Waals surface area contributed by atoms with E-state index in [1.54, 1.807) is 10.2 Å². The number of carboxylic acids is 1. The smallest absolute Gasteiger partial charge is 0.352 e. The van der Waals surface area contributed by atoms with Crippen LogP contribution in [0.3, 0.4) is 0 Å². The van der Waals surface area contributed by atoms with Gasteiger partial charge in [-0.1, -0.05) is 22.3 Å². The van der Waals surface area contributed by atoms with Crippen molar-refractivity contribution in [2.45, 2.75) is 24.3 Å². The fourth-order valence-electron chi connectivity index (χ4n) is 4.04. The van der Waals surface area contributed by atoms with E-state index in [9.17, 15) is 31.5 Å². The van der Waals surface area contributed by atoms with Gasteiger partial charge >= 0.3 is 22.1 Å². The number of carbonyl (C=O) groups excluding carboxylic acids is 1. The molecule has 0 atom stereocenters. The van der Waals surface area contributed by atoms with Crippen LogP contribution in [-0.4, -0.2) is 52.1 Å². The molecule has 13 nitrogen and oxygen atoms in total. The van der Waals surface area contributed by atoms with E-state index in [0.29, 0.717) is 22.0 Å². The van der Waals surface area contributed by atoms with E-state index >= 15 is 0 Å². The van der Waals surface area contributed by atoms with Crippen LogP contribution in [0.2, 0.25) is 0 Å². The highest BCUT2D eigenvalue weighted by Gasteiger charge is 2.37. The summed E-state index contributed by atoms with van der Waals surface area (Å²) in [5.74, 6) is -2.24. The lowest BCUT2D eigenvalue weighted by molar-refractivity contribution is -0.133. The second-order valence-corrected chi connectivity index (χ2v) is 11.8. The molecule has 2 aromatic carbocycles. The number of ether oxygens (including phenoxy) is 2. The first-order valence-corrected chi connectivity index (χ1v) is 14.2. The Balaban J connectivity index is 1.69. The van der Waals surface area contributed by atoms with Crippen molar-refractivity contribution in [2.24, 2.45) is 0 Å². The zero-order chi connectivity index (χ0) is 28.4. The van der Waals surface area contributed by atoms with Crippen LogP contribution in [0.4, 0.5) is 5.69 Å². The molecule has 4 rings (SSSR count). The highest BCUT2D eigenvalue weighted by Crippen LogP contribution is 2.41. The van der Waals surface area contributed by atoms with Crippen LogP contribution in [0, 0.1) is 11.3 Å². The number of aromatic carboxylic acids is 1. The van der Waals surface area contributed by atoms with Crippen molar-refractivity contribution in [3.63, 3.8) is 0 Å². The van der Waals surface area contributed by atoms with E-state index in [-0.39, 0.29) is 35.8 Å². The molecule has 204 valence electrons. The van der Waals surface area contributed by atoms with Gasteiger partial charge in [0.05, 0.1) is 18.1 Å². The summed E-state index contributed by atoms with van der Waals surface area (Å²) in [5, 5.41) is 18.4. The summed E-state index contributed by atoms with van der Waals surface area (Å²) in [6, 6.07) is 14.4. The number of para-hydroxylation sites is 1. The monoisotopic (exact) mass is 574 g/mol. The molecule has 2 heterocycles. The van der Waals surface area contributed by atoms with Crippen LogP contribution in [0.1, 0.15) is 23.3 Å². The summed E-state index contributed by atoms with van der Waals surface area (Å²) in [5.41, 5.74) is 0.520. The molecule has 15 heteroatoms. The molecule has 1 aromatic heterocycles. The van der Waals surface area contributed by atoms with Crippen molar-refractivity contribution in [1.82, 2.24) is 8.69 Å². The van der Waals surface area contributed by atoms with Gasteiger partial charge in [0, 0.05) is 18.7 Å². The zero-order valence-electron chi connectivity index (χ0n) is 20.4. The molecule has 0 aliphatic carbocycles. The van der Waals surface area contributed by atoms with Gasteiger partial charge in [0.1, 0.15) is 17.9 Å². The van der Waals surface area contributed by atoms with Crippen molar-refractivity contribution in [1.29, 1.82) is 5.26 Å². The molecule has 0 bridgehead atoms. The lowest BCUT2D eigenvalue weighted by atomic mass is 10.1. The number of nitrogens with zero attached hydrogens (tertiary/aromatic N) is 3. The Morgan fingerprint density at radius 3 is 2.59 bits per heavy atom. The standard InChI is InChI=1S/C24H22N4O9S2/c1-36-21-9-5-8-19-23(21)37-22(29)15-28(19)39(34,35)26-38(32,33)17-7-4-6-16(14-17)18-10-11-20(24(30)31)27(18)13-3-2-12-25/h4-11,14,26H,2-3,13,15H2,1H3,(H,30,31).